The number of rotatable bonds is 5. The van der Waals surface area contributed by atoms with Gasteiger partial charge in [-0.05, 0) is 12.5 Å². The van der Waals surface area contributed by atoms with Crippen LogP contribution in [0.15, 0.2) is 11.0 Å². The molecule has 1 atom stereocenters. The molecule has 1 rings (SSSR count). The molecule has 0 saturated carbocycles. The van der Waals surface area contributed by atoms with Crippen molar-refractivity contribution in [2.45, 2.75) is 18.2 Å². The molecule has 8 heteroatoms. The molecule has 0 saturated heterocycles. The molecular weight excluding hydrogens is 294 g/mol. The van der Waals surface area contributed by atoms with Crippen LogP contribution < -0.4 is 4.74 Å². The first-order valence-corrected chi connectivity index (χ1v) is 7.46. The largest absolute Gasteiger partial charge is 0.493 e. The Morgan fingerprint density at radius 3 is 2.40 bits per heavy atom. The second-order valence-electron chi connectivity index (χ2n) is 4.41. The van der Waals surface area contributed by atoms with Crippen molar-refractivity contribution in [1.82, 2.24) is 0 Å². The Kier molecular flexibility index (Phi) is 4.69. The van der Waals surface area contributed by atoms with Crippen LogP contribution in [-0.4, -0.2) is 32.9 Å². The monoisotopic (exact) mass is 308 g/mol. The zero-order chi connectivity index (χ0) is 15.7. The first-order chi connectivity index (χ1) is 9.09. The molecule has 0 heterocycles. The average molecular weight is 308 g/mol. The van der Waals surface area contributed by atoms with E-state index < -0.39 is 44.0 Å². The summed E-state index contributed by atoms with van der Waals surface area (Å²) in [5.74, 6) is -5.10. The Morgan fingerprint density at radius 1 is 1.45 bits per heavy atom. The third kappa shape index (κ3) is 3.24. The fraction of sp³-hybridized carbons (Fsp3) is 0.417. The summed E-state index contributed by atoms with van der Waals surface area (Å²) in [6, 6.07) is 0.789. The van der Waals surface area contributed by atoms with E-state index in [1.54, 1.807) is 0 Å². The molecule has 1 aromatic rings. The molecule has 1 N–H and O–H groups in total. The fourth-order valence-electron chi connectivity index (χ4n) is 1.76. The Bertz CT molecular complexity index is 640. The zero-order valence-electron chi connectivity index (χ0n) is 11.1. The Labute approximate surface area is 115 Å². The minimum atomic E-state index is -4.10. The highest BCUT2D eigenvalue weighted by Crippen LogP contribution is 2.32. The molecule has 0 radical (unpaired) electrons. The van der Waals surface area contributed by atoms with Gasteiger partial charge in [0.05, 0.1) is 13.0 Å². The van der Waals surface area contributed by atoms with Crippen molar-refractivity contribution in [3.8, 4) is 5.75 Å². The van der Waals surface area contributed by atoms with Gasteiger partial charge < -0.3 is 9.84 Å². The highest BCUT2D eigenvalue weighted by atomic mass is 32.2. The molecule has 112 valence electrons. The Balaban J connectivity index is 3.47. The number of methoxy groups -OCH3 is 1. The van der Waals surface area contributed by atoms with Crippen molar-refractivity contribution in [3.05, 3.63) is 23.3 Å². The van der Waals surface area contributed by atoms with Crippen LogP contribution in [0, 0.1) is 17.6 Å². The van der Waals surface area contributed by atoms with Crippen molar-refractivity contribution >= 4 is 15.8 Å². The molecule has 20 heavy (non-hydrogen) atoms. The molecule has 0 aliphatic heterocycles. The lowest BCUT2D eigenvalue weighted by Crippen LogP contribution is -2.15. The number of hydrogen-bond donors (Lipinski definition) is 1. The number of carboxylic acids is 1. The van der Waals surface area contributed by atoms with Gasteiger partial charge in [0.1, 0.15) is 10.7 Å². The summed E-state index contributed by atoms with van der Waals surface area (Å²) >= 11 is 0. The van der Waals surface area contributed by atoms with E-state index in [4.69, 9.17) is 9.84 Å². The van der Waals surface area contributed by atoms with Crippen LogP contribution >= 0.6 is 0 Å². The maximum atomic E-state index is 14.1. The molecule has 5 nitrogen and oxygen atoms in total. The number of carbonyl (C=O) groups is 1. The molecule has 0 spiro atoms. The standard InChI is InChI=1S/C12H14F2O5S/c1-6(12(15)16)4-7-5-8(13)11(20(3,17)18)9(14)10(7)19-2/h5-6H,4H2,1-3H3,(H,15,16). The van der Waals surface area contributed by atoms with Crippen molar-refractivity contribution in [2.75, 3.05) is 13.4 Å². The summed E-state index contributed by atoms with van der Waals surface area (Å²) < 4.78 is 55.3. The maximum absolute atomic E-state index is 14.1. The summed E-state index contributed by atoms with van der Waals surface area (Å²) in [4.78, 5) is 9.69. The van der Waals surface area contributed by atoms with E-state index in [1.165, 1.54) is 6.92 Å². The van der Waals surface area contributed by atoms with Crippen LogP contribution in [0.3, 0.4) is 0 Å². The van der Waals surface area contributed by atoms with Gasteiger partial charge in [-0.1, -0.05) is 6.92 Å². The Morgan fingerprint density at radius 2 is 2.00 bits per heavy atom. The lowest BCUT2D eigenvalue weighted by Gasteiger charge is -2.14. The molecule has 1 aromatic carbocycles. The lowest BCUT2D eigenvalue weighted by atomic mass is 10.00. The van der Waals surface area contributed by atoms with E-state index in [9.17, 15) is 22.0 Å². The van der Waals surface area contributed by atoms with Gasteiger partial charge in [-0.3, -0.25) is 4.79 Å². The van der Waals surface area contributed by atoms with Crippen LogP contribution in [-0.2, 0) is 21.1 Å². The number of sulfone groups is 1. The number of aliphatic carboxylic acids is 1. The maximum Gasteiger partial charge on any atom is 0.306 e. The summed E-state index contributed by atoms with van der Waals surface area (Å²) in [5, 5.41) is 8.81. The summed E-state index contributed by atoms with van der Waals surface area (Å²) in [7, 11) is -3.01. The predicted molar refractivity (Wildman–Crippen MR) is 66.5 cm³/mol. The van der Waals surface area contributed by atoms with Gasteiger partial charge >= 0.3 is 5.97 Å². The number of hydrogen-bond acceptors (Lipinski definition) is 4. The van der Waals surface area contributed by atoms with E-state index in [0.717, 1.165) is 13.2 Å². The van der Waals surface area contributed by atoms with E-state index in [1.807, 2.05) is 0 Å². The topological polar surface area (TPSA) is 80.7 Å². The van der Waals surface area contributed by atoms with E-state index in [-0.39, 0.29) is 12.0 Å². The predicted octanol–water partition coefficient (Wildman–Crippen LogP) is 1.64. The van der Waals surface area contributed by atoms with Gasteiger partial charge in [0.2, 0.25) is 0 Å². The molecule has 0 bridgehead atoms. The molecule has 0 fully saturated rings. The molecular formula is C12H14F2O5S. The van der Waals surface area contributed by atoms with Gasteiger partial charge in [-0.15, -0.1) is 0 Å². The van der Waals surface area contributed by atoms with Crippen LogP contribution in [0.1, 0.15) is 12.5 Å². The quantitative estimate of drug-likeness (QED) is 0.894. The van der Waals surface area contributed by atoms with E-state index in [2.05, 4.69) is 0 Å². The minimum Gasteiger partial charge on any atom is -0.493 e. The first kappa shape index (κ1) is 16.4. The zero-order valence-corrected chi connectivity index (χ0v) is 11.9. The van der Waals surface area contributed by atoms with Gasteiger partial charge in [0.25, 0.3) is 0 Å². The highest BCUT2D eigenvalue weighted by Gasteiger charge is 2.27. The molecule has 0 aromatic heterocycles. The summed E-state index contributed by atoms with van der Waals surface area (Å²) in [6.45, 7) is 1.36. The van der Waals surface area contributed by atoms with Gasteiger partial charge in [-0.2, -0.15) is 0 Å². The fourth-order valence-corrected chi connectivity index (χ4v) is 2.59. The smallest absolute Gasteiger partial charge is 0.306 e. The average Bonchev–Trinajstić information content (AvgIpc) is 2.26. The number of ether oxygens (including phenoxy) is 1. The molecule has 0 amide bonds. The number of benzene rings is 1. The van der Waals surface area contributed by atoms with E-state index >= 15 is 0 Å². The SMILES string of the molecule is COc1c(CC(C)C(=O)O)cc(F)c(S(C)(=O)=O)c1F. The summed E-state index contributed by atoms with van der Waals surface area (Å²) in [6.07, 6.45) is 0.490. The summed E-state index contributed by atoms with van der Waals surface area (Å²) in [5.41, 5.74) is -0.0372. The van der Waals surface area contributed by atoms with Crippen molar-refractivity contribution in [1.29, 1.82) is 0 Å². The minimum absolute atomic E-state index is 0.0372. The van der Waals surface area contributed by atoms with Crippen molar-refractivity contribution in [3.63, 3.8) is 0 Å². The first-order valence-electron chi connectivity index (χ1n) is 5.57. The second-order valence-corrected chi connectivity index (χ2v) is 6.36. The molecule has 1 unspecified atom stereocenters. The Hall–Kier alpha value is -1.70. The van der Waals surface area contributed by atoms with Crippen molar-refractivity contribution < 1.29 is 31.8 Å². The van der Waals surface area contributed by atoms with Crippen LogP contribution in [0.4, 0.5) is 8.78 Å². The normalized spacial score (nSPS) is 13.1. The van der Waals surface area contributed by atoms with Gasteiger partial charge in [-0.25, -0.2) is 17.2 Å². The van der Waals surface area contributed by atoms with E-state index in [0.29, 0.717) is 6.26 Å². The highest BCUT2D eigenvalue weighted by molar-refractivity contribution is 7.90. The molecule has 0 aliphatic carbocycles. The third-order valence-electron chi connectivity index (χ3n) is 2.73. The van der Waals surface area contributed by atoms with Crippen LogP contribution in [0.5, 0.6) is 5.75 Å². The third-order valence-corrected chi connectivity index (χ3v) is 3.85. The number of halogens is 2. The van der Waals surface area contributed by atoms with Gasteiger partial charge in [0, 0.05) is 11.8 Å². The van der Waals surface area contributed by atoms with Gasteiger partial charge in [0.15, 0.2) is 21.4 Å². The lowest BCUT2D eigenvalue weighted by molar-refractivity contribution is -0.141. The molecule has 0 aliphatic rings. The van der Waals surface area contributed by atoms with Crippen molar-refractivity contribution in [2.24, 2.45) is 5.92 Å². The number of carboxylic acid groups (broad SMARTS) is 1. The second kappa shape index (κ2) is 5.74. The van der Waals surface area contributed by atoms with Crippen LogP contribution in [0.2, 0.25) is 0 Å². The van der Waals surface area contributed by atoms with Crippen LogP contribution in [0.25, 0.3) is 0 Å².